The first-order valence-electron chi connectivity index (χ1n) is 22.0. The van der Waals surface area contributed by atoms with E-state index in [9.17, 15) is 0 Å². The molecule has 1 heterocycles. The molecular formula is C62H38N2. The van der Waals surface area contributed by atoms with Crippen molar-refractivity contribution in [2.24, 2.45) is 0 Å². The average Bonchev–Trinajstić information content (AvgIpc) is 3.37. The standard InChI is InChI=1S/C62H38N2/c1-3-17-39(18-4-1)56-38-57(64-62(63-56)42-19-5-2-6-20-42)40-33-35-41(36-34-40)58-50-26-11-13-28-52(50)60(53-29-14-12-27-51(53)58)55-37-43-21-15-30-48-46-24-9-7-22-44(46)45-23-8-10-25-47(45)49-31-16-32-54(55)61(49)59(43)48/h1-38H. The summed E-state index contributed by atoms with van der Waals surface area (Å²) in [4.78, 5) is 10.2. The van der Waals surface area contributed by atoms with E-state index in [-0.39, 0.29) is 0 Å². The van der Waals surface area contributed by atoms with E-state index in [4.69, 9.17) is 9.97 Å². The Kier molecular flexibility index (Phi) is 8.25. The van der Waals surface area contributed by atoms with E-state index in [1.165, 1.54) is 92.1 Å². The van der Waals surface area contributed by atoms with Crippen LogP contribution in [0.1, 0.15) is 0 Å². The van der Waals surface area contributed by atoms with Gasteiger partial charge in [0, 0.05) is 16.7 Å². The van der Waals surface area contributed by atoms with E-state index in [1.807, 2.05) is 24.3 Å². The third-order valence-corrected chi connectivity index (χ3v) is 13.2. The second-order valence-electron chi connectivity index (χ2n) is 16.8. The molecule has 0 aliphatic rings. The Hall–Kier alpha value is -8.46. The molecule has 0 N–H and O–H groups in total. The summed E-state index contributed by atoms with van der Waals surface area (Å²) in [7, 11) is 0. The molecule has 0 saturated heterocycles. The highest BCUT2D eigenvalue weighted by Gasteiger charge is 2.21. The van der Waals surface area contributed by atoms with E-state index in [0.29, 0.717) is 5.82 Å². The smallest absolute Gasteiger partial charge is 0.160 e. The van der Waals surface area contributed by atoms with Crippen LogP contribution in [-0.4, -0.2) is 9.97 Å². The molecule has 2 nitrogen and oxygen atoms in total. The summed E-state index contributed by atoms with van der Waals surface area (Å²) in [6, 6.07) is 83.7. The van der Waals surface area contributed by atoms with Crippen molar-refractivity contribution < 1.29 is 0 Å². The molecule has 2 heteroatoms. The van der Waals surface area contributed by atoms with Gasteiger partial charge in [0.2, 0.25) is 0 Å². The molecule has 296 valence electrons. The van der Waals surface area contributed by atoms with Gasteiger partial charge in [-0.15, -0.1) is 0 Å². The van der Waals surface area contributed by atoms with Gasteiger partial charge in [0.05, 0.1) is 11.4 Å². The topological polar surface area (TPSA) is 25.8 Å². The lowest BCUT2D eigenvalue weighted by atomic mass is 9.82. The molecule has 64 heavy (non-hydrogen) atoms. The Morgan fingerprint density at radius 1 is 0.234 bits per heavy atom. The first kappa shape index (κ1) is 36.2. The van der Waals surface area contributed by atoms with E-state index in [0.717, 1.165) is 33.6 Å². The van der Waals surface area contributed by atoms with Gasteiger partial charge in [-0.1, -0.05) is 218 Å². The van der Waals surface area contributed by atoms with Crippen LogP contribution in [-0.2, 0) is 0 Å². The lowest BCUT2D eigenvalue weighted by Gasteiger charge is -2.21. The average molecular weight is 811 g/mol. The summed E-state index contributed by atoms with van der Waals surface area (Å²) in [6.45, 7) is 0. The number of rotatable bonds is 5. The lowest BCUT2D eigenvalue weighted by Crippen LogP contribution is -1.96. The van der Waals surface area contributed by atoms with Gasteiger partial charge in [-0.25, -0.2) is 9.97 Å². The molecule has 0 spiro atoms. The normalized spacial score (nSPS) is 11.8. The molecule has 0 fully saturated rings. The molecule has 1 aromatic heterocycles. The monoisotopic (exact) mass is 810 g/mol. The fraction of sp³-hybridized carbons (Fsp3) is 0. The summed E-state index contributed by atoms with van der Waals surface area (Å²) in [5.41, 5.74) is 9.78. The van der Waals surface area contributed by atoms with Crippen molar-refractivity contribution in [2.75, 3.05) is 0 Å². The van der Waals surface area contributed by atoms with Crippen molar-refractivity contribution >= 4 is 75.4 Å². The van der Waals surface area contributed by atoms with Crippen LogP contribution in [0.2, 0.25) is 0 Å². The maximum atomic E-state index is 5.13. The van der Waals surface area contributed by atoms with Crippen LogP contribution in [0.4, 0.5) is 0 Å². The van der Waals surface area contributed by atoms with Gasteiger partial charge >= 0.3 is 0 Å². The molecule has 0 bridgehead atoms. The van der Waals surface area contributed by atoms with Crippen molar-refractivity contribution in [1.29, 1.82) is 0 Å². The summed E-state index contributed by atoms with van der Waals surface area (Å²) in [5, 5.41) is 17.6. The Balaban J connectivity index is 1.05. The van der Waals surface area contributed by atoms with Crippen molar-refractivity contribution in [3.05, 3.63) is 231 Å². The van der Waals surface area contributed by atoms with Crippen molar-refractivity contribution in [1.82, 2.24) is 9.97 Å². The first-order valence-corrected chi connectivity index (χ1v) is 22.0. The van der Waals surface area contributed by atoms with E-state index < -0.39 is 0 Å². The maximum absolute atomic E-state index is 5.13. The molecule has 0 saturated carbocycles. The third kappa shape index (κ3) is 5.66. The molecule has 13 aromatic rings. The van der Waals surface area contributed by atoms with Gasteiger partial charge < -0.3 is 0 Å². The largest absolute Gasteiger partial charge is 0.228 e. The predicted octanol–water partition coefficient (Wildman–Crippen LogP) is 16.9. The van der Waals surface area contributed by atoms with Gasteiger partial charge in [-0.05, 0) is 110 Å². The molecule has 0 atom stereocenters. The molecular weight excluding hydrogens is 773 g/mol. The zero-order valence-electron chi connectivity index (χ0n) is 34.8. The number of aromatic nitrogens is 2. The molecule has 0 radical (unpaired) electrons. The van der Waals surface area contributed by atoms with Crippen molar-refractivity contribution in [3.8, 4) is 56.2 Å². The van der Waals surface area contributed by atoms with Gasteiger partial charge in [0.15, 0.2) is 5.82 Å². The summed E-state index contributed by atoms with van der Waals surface area (Å²) >= 11 is 0. The second kappa shape index (κ2) is 14.6. The molecule has 12 aromatic carbocycles. The van der Waals surface area contributed by atoms with Crippen molar-refractivity contribution in [2.45, 2.75) is 0 Å². The van der Waals surface area contributed by atoms with Crippen LogP contribution in [0.3, 0.4) is 0 Å². The number of hydrogen-bond donors (Lipinski definition) is 0. The molecule has 0 aliphatic heterocycles. The molecule has 0 unspecified atom stereocenters. The Morgan fingerprint density at radius 2 is 0.625 bits per heavy atom. The van der Waals surface area contributed by atoms with Gasteiger partial charge in [0.1, 0.15) is 0 Å². The van der Waals surface area contributed by atoms with E-state index in [1.54, 1.807) is 0 Å². The SMILES string of the molecule is c1ccc(-c2cc(-c3ccc(-c4c5ccccc5c(-c5cc6cccc7c8ccccc8c8ccccc8c8cccc5c8c67)c5ccccc45)cc3)nc(-c3ccccc3)n2)cc1. The minimum absolute atomic E-state index is 0.712. The van der Waals surface area contributed by atoms with E-state index >= 15 is 0 Å². The zero-order valence-corrected chi connectivity index (χ0v) is 34.8. The third-order valence-electron chi connectivity index (χ3n) is 13.2. The van der Waals surface area contributed by atoms with Gasteiger partial charge in [-0.3, -0.25) is 0 Å². The Labute approximate surface area is 370 Å². The van der Waals surface area contributed by atoms with Gasteiger partial charge in [-0.2, -0.15) is 0 Å². The molecule has 13 rings (SSSR count). The lowest BCUT2D eigenvalue weighted by molar-refractivity contribution is 1.18. The van der Waals surface area contributed by atoms with E-state index in [2.05, 4.69) is 206 Å². The predicted molar refractivity (Wildman–Crippen MR) is 272 cm³/mol. The first-order chi connectivity index (χ1) is 31.8. The fourth-order valence-corrected chi connectivity index (χ4v) is 10.4. The summed E-state index contributed by atoms with van der Waals surface area (Å²) in [6.07, 6.45) is 0. The van der Waals surface area contributed by atoms with Crippen LogP contribution in [0.25, 0.3) is 132 Å². The van der Waals surface area contributed by atoms with Crippen LogP contribution in [0, 0.1) is 0 Å². The van der Waals surface area contributed by atoms with Crippen LogP contribution >= 0.6 is 0 Å². The maximum Gasteiger partial charge on any atom is 0.160 e. The zero-order chi connectivity index (χ0) is 42.1. The van der Waals surface area contributed by atoms with Gasteiger partial charge in [0.25, 0.3) is 0 Å². The highest BCUT2D eigenvalue weighted by atomic mass is 14.9. The number of benzene rings is 11. The minimum atomic E-state index is 0.712. The van der Waals surface area contributed by atoms with Crippen LogP contribution in [0.5, 0.6) is 0 Å². The number of fused-ring (bicyclic) bond motifs is 7. The Bertz CT molecular complexity index is 3870. The highest BCUT2D eigenvalue weighted by molar-refractivity contribution is 6.36. The molecule has 0 amide bonds. The Morgan fingerprint density at radius 3 is 1.19 bits per heavy atom. The quantitative estimate of drug-likeness (QED) is 0.128. The minimum Gasteiger partial charge on any atom is -0.228 e. The second-order valence-corrected chi connectivity index (χ2v) is 16.8. The summed E-state index contributed by atoms with van der Waals surface area (Å²) < 4.78 is 0. The number of nitrogens with zero attached hydrogens (tertiary/aromatic N) is 2. The summed E-state index contributed by atoms with van der Waals surface area (Å²) in [5.74, 6) is 0.712. The fourth-order valence-electron chi connectivity index (χ4n) is 10.4. The van der Waals surface area contributed by atoms with Crippen LogP contribution < -0.4 is 0 Å². The highest BCUT2D eigenvalue weighted by Crippen LogP contribution is 2.49. The van der Waals surface area contributed by atoms with Crippen molar-refractivity contribution in [3.63, 3.8) is 0 Å². The number of hydrogen-bond acceptors (Lipinski definition) is 2. The molecule has 0 aliphatic carbocycles. The van der Waals surface area contributed by atoms with Crippen LogP contribution in [0.15, 0.2) is 231 Å².